The maximum absolute atomic E-state index is 3.92. The van der Waals surface area contributed by atoms with Gasteiger partial charge in [0, 0.05) is 24.7 Å². The minimum Gasteiger partial charge on any atom is -0.310 e. The Bertz CT molecular complexity index is 241. The minimum absolute atomic E-state index is 0.794. The van der Waals surface area contributed by atoms with Crippen molar-refractivity contribution in [2.45, 2.75) is 76.4 Å². The Morgan fingerprint density at radius 2 is 1.65 bits per heavy atom. The second-order valence-electron chi connectivity index (χ2n) is 6.71. The van der Waals surface area contributed by atoms with Crippen molar-refractivity contribution in [3.05, 3.63) is 0 Å². The monoisotopic (exact) mass is 236 g/mol. The van der Waals surface area contributed by atoms with Crippen molar-refractivity contribution in [1.29, 1.82) is 0 Å². The minimum atomic E-state index is 0.794. The highest BCUT2D eigenvalue weighted by molar-refractivity contribution is 4.90. The maximum atomic E-state index is 3.92. The van der Waals surface area contributed by atoms with Gasteiger partial charge in [-0.25, -0.2) is 0 Å². The summed E-state index contributed by atoms with van der Waals surface area (Å²) in [5.74, 6) is 0.989. The summed E-state index contributed by atoms with van der Waals surface area (Å²) in [6.07, 6.45) is 11.5. The van der Waals surface area contributed by atoms with Gasteiger partial charge in [0.05, 0.1) is 0 Å². The van der Waals surface area contributed by atoms with E-state index >= 15 is 0 Å². The second kappa shape index (κ2) is 5.27. The SMILES string of the molecule is CC1CC(N2CCCC(NC3CCCC3)C2)C1. The van der Waals surface area contributed by atoms with Gasteiger partial charge >= 0.3 is 0 Å². The molecule has 1 heterocycles. The molecular weight excluding hydrogens is 208 g/mol. The lowest BCUT2D eigenvalue weighted by atomic mass is 9.80. The van der Waals surface area contributed by atoms with Gasteiger partial charge in [0.2, 0.25) is 0 Å². The number of hydrogen-bond acceptors (Lipinski definition) is 2. The third-order valence-corrected chi connectivity index (χ3v) is 5.14. The summed E-state index contributed by atoms with van der Waals surface area (Å²) >= 11 is 0. The van der Waals surface area contributed by atoms with Crippen LogP contribution in [0.4, 0.5) is 0 Å². The predicted molar refractivity (Wildman–Crippen MR) is 72.2 cm³/mol. The molecule has 2 saturated carbocycles. The normalized spacial score (nSPS) is 40.4. The number of rotatable bonds is 3. The molecule has 0 radical (unpaired) electrons. The molecule has 1 N–H and O–H groups in total. The summed E-state index contributed by atoms with van der Waals surface area (Å²) < 4.78 is 0. The van der Waals surface area contributed by atoms with Gasteiger partial charge in [-0.1, -0.05) is 19.8 Å². The average Bonchev–Trinajstić information content (AvgIpc) is 2.78. The van der Waals surface area contributed by atoms with Crippen molar-refractivity contribution < 1.29 is 0 Å². The van der Waals surface area contributed by atoms with Crippen LogP contribution < -0.4 is 5.32 Å². The summed E-state index contributed by atoms with van der Waals surface area (Å²) in [5, 5.41) is 3.92. The standard InChI is InChI=1S/C15H28N2/c1-12-9-15(10-12)17-8-4-7-14(11-17)16-13-5-2-3-6-13/h12-16H,2-11H2,1H3. The summed E-state index contributed by atoms with van der Waals surface area (Å²) in [5.41, 5.74) is 0. The fourth-order valence-electron chi connectivity index (χ4n) is 4.06. The lowest BCUT2D eigenvalue weighted by molar-refractivity contribution is 0.0546. The molecule has 0 spiro atoms. The summed E-state index contributed by atoms with van der Waals surface area (Å²) in [6, 6.07) is 2.57. The fraction of sp³-hybridized carbons (Fsp3) is 1.00. The molecule has 0 bridgehead atoms. The Morgan fingerprint density at radius 3 is 2.35 bits per heavy atom. The van der Waals surface area contributed by atoms with Crippen molar-refractivity contribution in [2.24, 2.45) is 5.92 Å². The molecule has 2 heteroatoms. The van der Waals surface area contributed by atoms with E-state index in [-0.39, 0.29) is 0 Å². The Labute approximate surface area is 106 Å². The Hall–Kier alpha value is -0.0800. The molecule has 0 aromatic heterocycles. The first-order chi connectivity index (χ1) is 8.31. The lowest BCUT2D eigenvalue weighted by Gasteiger charge is -2.45. The van der Waals surface area contributed by atoms with Crippen molar-refractivity contribution >= 4 is 0 Å². The van der Waals surface area contributed by atoms with Crippen molar-refractivity contribution in [3.63, 3.8) is 0 Å². The van der Waals surface area contributed by atoms with E-state index in [1.807, 2.05) is 0 Å². The van der Waals surface area contributed by atoms with Gasteiger partial charge in [-0.3, -0.25) is 4.90 Å². The number of piperidine rings is 1. The van der Waals surface area contributed by atoms with E-state index in [2.05, 4.69) is 17.1 Å². The van der Waals surface area contributed by atoms with Crippen LogP contribution in [-0.4, -0.2) is 36.1 Å². The molecular formula is C15H28N2. The van der Waals surface area contributed by atoms with E-state index in [9.17, 15) is 0 Å². The van der Waals surface area contributed by atoms with Crippen LogP contribution in [0.3, 0.4) is 0 Å². The molecule has 1 saturated heterocycles. The largest absolute Gasteiger partial charge is 0.310 e. The van der Waals surface area contributed by atoms with Gasteiger partial charge in [0.1, 0.15) is 0 Å². The molecule has 1 aliphatic heterocycles. The van der Waals surface area contributed by atoms with Gasteiger partial charge in [0.15, 0.2) is 0 Å². The van der Waals surface area contributed by atoms with Gasteiger partial charge in [-0.15, -0.1) is 0 Å². The van der Waals surface area contributed by atoms with Gasteiger partial charge in [-0.2, -0.15) is 0 Å². The van der Waals surface area contributed by atoms with Crippen molar-refractivity contribution in [1.82, 2.24) is 10.2 Å². The van der Waals surface area contributed by atoms with E-state index in [0.29, 0.717) is 0 Å². The van der Waals surface area contributed by atoms with Gasteiger partial charge < -0.3 is 5.32 Å². The summed E-state index contributed by atoms with van der Waals surface area (Å²) in [6.45, 7) is 5.09. The molecule has 3 rings (SSSR count). The van der Waals surface area contributed by atoms with E-state index in [4.69, 9.17) is 0 Å². The number of nitrogens with one attached hydrogen (secondary N) is 1. The zero-order chi connectivity index (χ0) is 11.7. The first-order valence-corrected chi connectivity index (χ1v) is 7.81. The van der Waals surface area contributed by atoms with Crippen LogP contribution in [0.15, 0.2) is 0 Å². The average molecular weight is 236 g/mol. The summed E-state index contributed by atoms with van der Waals surface area (Å²) in [7, 11) is 0. The van der Waals surface area contributed by atoms with E-state index in [1.54, 1.807) is 0 Å². The van der Waals surface area contributed by atoms with Crippen LogP contribution in [0.1, 0.15) is 58.3 Å². The van der Waals surface area contributed by atoms with Crippen LogP contribution >= 0.6 is 0 Å². The van der Waals surface area contributed by atoms with E-state index in [0.717, 1.165) is 24.0 Å². The highest BCUT2D eigenvalue weighted by Gasteiger charge is 2.33. The molecule has 0 aromatic rings. The van der Waals surface area contributed by atoms with Crippen LogP contribution in [0.25, 0.3) is 0 Å². The molecule has 0 aromatic carbocycles. The van der Waals surface area contributed by atoms with Crippen LogP contribution in [-0.2, 0) is 0 Å². The van der Waals surface area contributed by atoms with Crippen molar-refractivity contribution in [2.75, 3.05) is 13.1 Å². The molecule has 1 unspecified atom stereocenters. The molecule has 3 fully saturated rings. The first-order valence-electron chi connectivity index (χ1n) is 7.81. The van der Waals surface area contributed by atoms with E-state index < -0.39 is 0 Å². The highest BCUT2D eigenvalue weighted by Crippen LogP contribution is 2.33. The molecule has 17 heavy (non-hydrogen) atoms. The molecule has 0 amide bonds. The smallest absolute Gasteiger partial charge is 0.0198 e. The third-order valence-electron chi connectivity index (χ3n) is 5.14. The number of likely N-dealkylation sites (tertiary alicyclic amines) is 1. The predicted octanol–water partition coefficient (Wildman–Crippen LogP) is 2.78. The fourth-order valence-corrected chi connectivity index (χ4v) is 4.06. The van der Waals surface area contributed by atoms with Crippen LogP contribution in [0.5, 0.6) is 0 Å². The van der Waals surface area contributed by atoms with Gasteiger partial charge in [-0.05, 0) is 51.0 Å². The van der Waals surface area contributed by atoms with Crippen LogP contribution in [0.2, 0.25) is 0 Å². The molecule has 1 atom stereocenters. The van der Waals surface area contributed by atoms with E-state index in [1.165, 1.54) is 64.5 Å². The molecule has 98 valence electrons. The Kier molecular flexibility index (Phi) is 3.72. The molecule has 2 aliphatic carbocycles. The maximum Gasteiger partial charge on any atom is 0.0198 e. The second-order valence-corrected chi connectivity index (χ2v) is 6.71. The lowest BCUT2D eigenvalue weighted by Crippen LogP contribution is -2.54. The summed E-state index contributed by atoms with van der Waals surface area (Å²) in [4.78, 5) is 2.77. The Balaban J connectivity index is 1.46. The zero-order valence-electron chi connectivity index (χ0n) is 11.3. The third kappa shape index (κ3) is 2.85. The number of nitrogens with zero attached hydrogens (tertiary/aromatic N) is 1. The molecule has 2 nitrogen and oxygen atoms in total. The Morgan fingerprint density at radius 1 is 0.941 bits per heavy atom. The zero-order valence-corrected chi connectivity index (χ0v) is 11.3. The van der Waals surface area contributed by atoms with Crippen molar-refractivity contribution in [3.8, 4) is 0 Å². The topological polar surface area (TPSA) is 15.3 Å². The molecule has 3 aliphatic rings. The quantitative estimate of drug-likeness (QED) is 0.810. The van der Waals surface area contributed by atoms with Crippen LogP contribution in [0, 0.1) is 5.92 Å². The highest BCUT2D eigenvalue weighted by atomic mass is 15.2. The first kappa shape index (κ1) is 12.0. The number of hydrogen-bond donors (Lipinski definition) is 1. The van der Waals surface area contributed by atoms with Gasteiger partial charge in [0.25, 0.3) is 0 Å².